The second-order valence-corrected chi connectivity index (χ2v) is 18.6. The molecule has 0 atom stereocenters. The third kappa shape index (κ3) is 20.3. The highest BCUT2D eigenvalue weighted by Gasteiger charge is 2.21. The third-order valence-corrected chi connectivity index (χ3v) is 11.7. The van der Waals surface area contributed by atoms with Gasteiger partial charge in [-0.05, 0) is 97.0 Å². The van der Waals surface area contributed by atoms with Crippen molar-refractivity contribution in [2.75, 3.05) is 13.2 Å². The number of hydrogen-bond acceptors (Lipinski definition) is 8. The molecule has 8 rings (SSSR count). The lowest BCUT2D eigenvalue weighted by atomic mass is 10.0. The zero-order chi connectivity index (χ0) is 48.1. The topological polar surface area (TPSA) is 105 Å². The molecule has 66 heavy (non-hydrogen) atoms. The first kappa shape index (κ1) is 55.3. The maximum Gasteiger partial charge on any atom is 0.338 e. The normalized spacial score (nSPS) is 15.3. The lowest BCUT2D eigenvalue weighted by Gasteiger charge is -2.13. The van der Waals surface area contributed by atoms with Crippen molar-refractivity contribution in [2.24, 2.45) is 17.8 Å². The standard InChI is InChI=1S/C21H24O4.C21H22O4.2C5H10.2C3H8/c1-14(2)20(22)25-19-12-6-9-16-17(19)10-5-11-18(16)21(23)24-13-15-7-3-4-8-15;1-14(2)20(22)25-19-10-9-16-11-18(8-7-17(16)12-19)21(23)24-13-15-5-3-4-6-15;2*1-2-4-5-3-1;2*1-3-2/h5-6,9-12,14-15H,3-4,7-8,13H2,1-2H3;7-12,15H,1,3-6,13H2,2H3;2*1-5H2;2*3H2,1-2H3. The van der Waals surface area contributed by atoms with Crippen LogP contribution in [0.3, 0.4) is 0 Å². The summed E-state index contributed by atoms with van der Waals surface area (Å²) in [7, 11) is 0. The van der Waals surface area contributed by atoms with Crippen molar-refractivity contribution in [2.45, 2.75) is 177 Å². The van der Waals surface area contributed by atoms with Gasteiger partial charge in [-0.1, -0.05) is 187 Å². The number of ether oxygens (including phenoxy) is 4. The summed E-state index contributed by atoms with van der Waals surface area (Å²) >= 11 is 0. The van der Waals surface area contributed by atoms with Crippen LogP contribution in [-0.2, 0) is 19.1 Å². The Hall–Kier alpha value is -4.98. The average molecular weight is 907 g/mol. The lowest BCUT2D eigenvalue weighted by molar-refractivity contribution is -0.137. The van der Waals surface area contributed by atoms with Gasteiger partial charge in [0.05, 0.1) is 30.3 Å². The molecular weight excluding hydrogens is 825 g/mol. The molecule has 0 amide bonds. The van der Waals surface area contributed by atoms with Crippen LogP contribution in [0, 0.1) is 17.8 Å². The summed E-state index contributed by atoms with van der Waals surface area (Å²) in [6, 6.07) is 21.5. The number of rotatable bonds is 10. The Morgan fingerprint density at radius 3 is 1.52 bits per heavy atom. The maximum absolute atomic E-state index is 12.5. The minimum Gasteiger partial charge on any atom is -0.462 e. The third-order valence-electron chi connectivity index (χ3n) is 11.7. The van der Waals surface area contributed by atoms with Gasteiger partial charge in [-0.3, -0.25) is 4.79 Å². The number of carbonyl (C=O) groups is 4. The van der Waals surface area contributed by atoms with Crippen LogP contribution in [0.4, 0.5) is 0 Å². The second-order valence-electron chi connectivity index (χ2n) is 18.6. The SMILES string of the molecule is C1CCCC1.C1CCCC1.C=C(C)C(=O)Oc1ccc2cc(C(=O)OCC3CCCC3)ccc2c1.CC(C)C(=O)Oc1cccc2c(C(=O)OCC3CCCC3)cccc12.CCC.CCC. The minimum absolute atomic E-state index is 0.213. The molecule has 8 nitrogen and oxygen atoms in total. The molecule has 4 aliphatic carbocycles. The van der Waals surface area contributed by atoms with Crippen molar-refractivity contribution < 1.29 is 38.1 Å². The quantitative estimate of drug-likeness (QED) is 0.0880. The number of carbonyl (C=O) groups excluding carboxylic acids is 4. The van der Waals surface area contributed by atoms with Gasteiger partial charge in [0.1, 0.15) is 11.5 Å². The number of fused-ring (bicyclic) bond motifs is 2. The van der Waals surface area contributed by atoms with Gasteiger partial charge in [0.2, 0.25) is 0 Å². The molecule has 0 unspecified atom stereocenters. The van der Waals surface area contributed by atoms with Crippen molar-refractivity contribution >= 4 is 45.4 Å². The first-order chi connectivity index (χ1) is 31.9. The van der Waals surface area contributed by atoms with Crippen LogP contribution in [0.25, 0.3) is 21.5 Å². The van der Waals surface area contributed by atoms with Crippen molar-refractivity contribution in [1.29, 1.82) is 0 Å². The lowest BCUT2D eigenvalue weighted by Crippen LogP contribution is -2.15. The Balaban J connectivity index is 0.000000263. The highest BCUT2D eigenvalue weighted by Crippen LogP contribution is 2.31. The Morgan fingerprint density at radius 2 is 1.02 bits per heavy atom. The predicted molar refractivity (Wildman–Crippen MR) is 271 cm³/mol. The summed E-state index contributed by atoms with van der Waals surface area (Å²) in [5.74, 6) is 0.370. The Kier molecular flexibility index (Phi) is 26.7. The van der Waals surface area contributed by atoms with Crippen LogP contribution in [0.2, 0.25) is 0 Å². The summed E-state index contributed by atoms with van der Waals surface area (Å²) in [4.78, 5) is 48.3. The predicted octanol–water partition coefficient (Wildman–Crippen LogP) is 16.2. The van der Waals surface area contributed by atoms with Crippen molar-refractivity contribution in [3.63, 3.8) is 0 Å². The molecule has 8 heteroatoms. The van der Waals surface area contributed by atoms with E-state index >= 15 is 0 Å². The summed E-state index contributed by atoms with van der Waals surface area (Å²) in [6.45, 7) is 18.2. The smallest absolute Gasteiger partial charge is 0.338 e. The first-order valence-electron chi connectivity index (χ1n) is 25.4. The van der Waals surface area contributed by atoms with Gasteiger partial charge < -0.3 is 18.9 Å². The van der Waals surface area contributed by atoms with Crippen LogP contribution >= 0.6 is 0 Å². The van der Waals surface area contributed by atoms with Crippen LogP contribution in [0.1, 0.15) is 198 Å². The van der Waals surface area contributed by atoms with E-state index in [9.17, 15) is 19.2 Å². The molecule has 0 radical (unpaired) electrons. The van der Waals surface area contributed by atoms with Gasteiger partial charge in [-0.25, -0.2) is 14.4 Å². The van der Waals surface area contributed by atoms with E-state index < -0.39 is 5.97 Å². The number of esters is 4. The van der Waals surface area contributed by atoms with Crippen molar-refractivity contribution in [3.05, 3.63) is 96.1 Å². The molecule has 0 aliphatic heterocycles. The molecule has 362 valence electrons. The van der Waals surface area contributed by atoms with E-state index in [0.29, 0.717) is 53.2 Å². The number of hydrogen-bond donors (Lipinski definition) is 0. The van der Waals surface area contributed by atoms with E-state index in [1.54, 1.807) is 69.3 Å². The Bertz CT molecular complexity index is 2040. The summed E-state index contributed by atoms with van der Waals surface area (Å²) in [5.41, 5.74) is 1.40. The highest BCUT2D eigenvalue weighted by molar-refractivity contribution is 6.06. The summed E-state index contributed by atoms with van der Waals surface area (Å²) < 4.78 is 21.7. The summed E-state index contributed by atoms with van der Waals surface area (Å²) in [5, 5.41) is 3.27. The molecule has 0 bridgehead atoms. The molecule has 4 saturated carbocycles. The van der Waals surface area contributed by atoms with Crippen LogP contribution in [0.5, 0.6) is 11.5 Å². The minimum atomic E-state index is -0.452. The summed E-state index contributed by atoms with van der Waals surface area (Å²) in [6.07, 6.45) is 27.0. The molecule has 0 heterocycles. The molecule has 0 N–H and O–H groups in total. The fraction of sp³-hybridized carbons (Fsp3) is 0.552. The van der Waals surface area contributed by atoms with E-state index in [-0.39, 0.29) is 23.8 Å². The fourth-order valence-electron chi connectivity index (χ4n) is 8.05. The maximum atomic E-state index is 12.5. The van der Waals surface area contributed by atoms with Crippen molar-refractivity contribution in [1.82, 2.24) is 0 Å². The van der Waals surface area contributed by atoms with Gasteiger partial charge >= 0.3 is 23.9 Å². The largest absolute Gasteiger partial charge is 0.462 e. The molecule has 0 aromatic heterocycles. The zero-order valence-corrected chi connectivity index (χ0v) is 41.7. The first-order valence-corrected chi connectivity index (χ1v) is 25.4. The highest BCUT2D eigenvalue weighted by atomic mass is 16.5. The molecule has 0 saturated heterocycles. The Morgan fingerprint density at radius 1 is 0.561 bits per heavy atom. The van der Waals surface area contributed by atoms with Crippen LogP contribution in [0.15, 0.2) is 84.9 Å². The average Bonchev–Trinajstić information content (AvgIpc) is 4.19. The van der Waals surface area contributed by atoms with E-state index in [1.165, 1.54) is 103 Å². The monoisotopic (exact) mass is 907 g/mol. The van der Waals surface area contributed by atoms with Gasteiger partial charge in [-0.15, -0.1) is 0 Å². The van der Waals surface area contributed by atoms with E-state index in [4.69, 9.17) is 18.9 Å². The van der Waals surface area contributed by atoms with Gasteiger partial charge in [0, 0.05) is 11.0 Å². The zero-order valence-electron chi connectivity index (χ0n) is 41.7. The second kappa shape index (κ2) is 31.9. The van der Waals surface area contributed by atoms with E-state index in [2.05, 4.69) is 34.3 Å². The van der Waals surface area contributed by atoms with Crippen LogP contribution in [-0.4, -0.2) is 37.1 Å². The molecular formula is C58H82O8. The van der Waals surface area contributed by atoms with Gasteiger partial charge in [0.15, 0.2) is 0 Å². The van der Waals surface area contributed by atoms with Gasteiger partial charge in [0.25, 0.3) is 0 Å². The molecule has 4 fully saturated rings. The number of benzene rings is 4. The Labute approximate surface area is 397 Å². The molecule has 4 aromatic carbocycles. The fourth-order valence-corrected chi connectivity index (χ4v) is 8.05. The van der Waals surface area contributed by atoms with E-state index in [1.807, 2.05) is 24.3 Å². The van der Waals surface area contributed by atoms with Crippen LogP contribution < -0.4 is 9.47 Å². The molecule has 4 aliphatic rings. The van der Waals surface area contributed by atoms with E-state index in [0.717, 1.165) is 47.2 Å². The molecule has 4 aromatic rings. The van der Waals surface area contributed by atoms with Gasteiger partial charge in [-0.2, -0.15) is 0 Å². The van der Waals surface area contributed by atoms with Crippen molar-refractivity contribution in [3.8, 4) is 11.5 Å². The molecule has 0 spiro atoms.